The number of nitrogens with one attached hydrogen (secondary N) is 1. The third kappa shape index (κ3) is 4.54. The predicted octanol–water partition coefficient (Wildman–Crippen LogP) is 1.23. The molecule has 0 fully saturated rings. The summed E-state index contributed by atoms with van der Waals surface area (Å²) < 4.78 is 5.78. The number of hydrogen-bond acceptors (Lipinski definition) is 4. The summed E-state index contributed by atoms with van der Waals surface area (Å²) in [5.41, 5.74) is 7.37. The molecule has 6 heteroatoms. The van der Waals surface area contributed by atoms with Crippen molar-refractivity contribution in [2.24, 2.45) is 0 Å². The van der Waals surface area contributed by atoms with Gasteiger partial charge in [0.25, 0.3) is 0 Å². The van der Waals surface area contributed by atoms with Gasteiger partial charge in [-0.2, -0.15) is 0 Å². The molecule has 0 atom stereocenters. The van der Waals surface area contributed by atoms with E-state index in [0.29, 0.717) is 18.8 Å². The van der Waals surface area contributed by atoms with Crippen LogP contribution in [0.4, 0.5) is 11.4 Å². The van der Waals surface area contributed by atoms with Crippen molar-refractivity contribution in [1.29, 1.82) is 0 Å². The van der Waals surface area contributed by atoms with Crippen molar-refractivity contribution in [2.75, 3.05) is 44.5 Å². The number of benzene rings is 1. The lowest BCUT2D eigenvalue weighted by molar-refractivity contribution is -0.119. The first kappa shape index (κ1) is 14.8. The van der Waals surface area contributed by atoms with Gasteiger partial charge in [-0.1, -0.05) is 15.9 Å². The molecule has 0 saturated heterocycles. The summed E-state index contributed by atoms with van der Waals surface area (Å²) >= 11 is 3.35. The van der Waals surface area contributed by atoms with Crippen LogP contribution in [0.1, 0.15) is 0 Å². The number of carbonyl (C=O) groups excluding carboxylic acids is 1. The molecule has 100 valence electrons. The molecule has 0 saturated carbocycles. The molecule has 0 bridgehead atoms. The van der Waals surface area contributed by atoms with Gasteiger partial charge in [-0.05, 0) is 18.2 Å². The highest BCUT2D eigenvalue weighted by Crippen LogP contribution is 2.25. The number of hydrogen-bond donors (Lipinski definition) is 2. The molecule has 3 N–H and O–H groups in total. The van der Waals surface area contributed by atoms with Crippen molar-refractivity contribution in [1.82, 2.24) is 5.32 Å². The van der Waals surface area contributed by atoms with Crippen molar-refractivity contribution in [2.45, 2.75) is 0 Å². The maximum absolute atomic E-state index is 11.6. The average molecular weight is 316 g/mol. The molecule has 0 spiro atoms. The summed E-state index contributed by atoms with van der Waals surface area (Å²) in [6.45, 7) is 1.28. The zero-order valence-electron chi connectivity index (χ0n) is 10.6. The van der Waals surface area contributed by atoms with Crippen molar-refractivity contribution < 1.29 is 9.53 Å². The van der Waals surface area contributed by atoms with Crippen molar-refractivity contribution in [3.05, 3.63) is 22.7 Å². The molecule has 1 amide bonds. The first-order valence-corrected chi connectivity index (χ1v) is 6.35. The predicted molar refractivity (Wildman–Crippen MR) is 76.7 cm³/mol. The number of nitrogen functional groups attached to an aromatic ring is 1. The van der Waals surface area contributed by atoms with Crippen LogP contribution in [0, 0.1) is 0 Å². The standard InChI is InChI=1S/C12H18BrN3O2/c1-16(8-12(17)15-5-6-18-2)11-4-3-9(13)7-10(11)14/h3-4,7H,5-6,8,14H2,1-2H3,(H,15,17). The zero-order chi connectivity index (χ0) is 13.5. The van der Waals surface area contributed by atoms with Gasteiger partial charge in [0.05, 0.1) is 24.5 Å². The summed E-state index contributed by atoms with van der Waals surface area (Å²) in [6.07, 6.45) is 0. The van der Waals surface area contributed by atoms with Crippen LogP contribution in [0.2, 0.25) is 0 Å². The fraction of sp³-hybridized carbons (Fsp3) is 0.417. The topological polar surface area (TPSA) is 67.6 Å². The summed E-state index contributed by atoms with van der Waals surface area (Å²) in [5.74, 6) is -0.0585. The number of likely N-dealkylation sites (N-methyl/N-ethyl adjacent to an activating group) is 1. The second-order valence-corrected chi connectivity index (χ2v) is 4.82. The number of nitrogens with two attached hydrogens (primary N) is 1. The molecule has 1 rings (SSSR count). The van der Waals surface area contributed by atoms with E-state index >= 15 is 0 Å². The molecular formula is C12H18BrN3O2. The molecule has 0 aromatic heterocycles. The highest BCUT2D eigenvalue weighted by atomic mass is 79.9. The maximum atomic E-state index is 11.6. The molecule has 1 aromatic rings. The van der Waals surface area contributed by atoms with Crippen LogP contribution in [0.5, 0.6) is 0 Å². The molecule has 0 aliphatic rings. The number of halogens is 1. The highest BCUT2D eigenvalue weighted by Gasteiger charge is 2.09. The molecule has 0 heterocycles. The van der Waals surface area contributed by atoms with Crippen LogP contribution in [0.25, 0.3) is 0 Å². The second-order valence-electron chi connectivity index (χ2n) is 3.90. The van der Waals surface area contributed by atoms with E-state index in [1.54, 1.807) is 7.11 Å². The minimum Gasteiger partial charge on any atom is -0.397 e. The quantitative estimate of drug-likeness (QED) is 0.612. The molecular weight excluding hydrogens is 298 g/mol. The number of methoxy groups -OCH3 is 1. The first-order chi connectivity index (χ1) is 8.54. The Balaban J connectivity index is 2.54. The van der Waals surface area contributed by atoms with Gasteiger partial charge >= 0.3 is 0 Å². The van der Waals surface area contributed by atoms with E-state index < -0.39 is 0 Å². The fourth-order valence-electron chi connectivity index (χ4n) is 1.52. The van der Waals surface area contributed by atoms with Gasteiger partial charge in [0, 0.05) is 25.2 Å². The van der Waals surface area contributed by atoms with E-state index in [2.05, 4.69) is 21.2 Å². The molecule has 5 nitrogen and oxygen atoms in total. The SMILES string of the molecule is COCCNC(=O)CN(C)c1ccc(Br)cc1N. The third-order valence-electron chi connectivity index (χ3n) is 2.41. The van der Waals surface area contributed by atoms with Crippen molar-refractivity contribution in [3.8, 4) is 0 Å². The molecule has 0 radical (unpaired) electrons. The smallest absolute Gasteiger partial charge is 0.239 e. The Hall–Kier alpha value is -1.27. The fourth-order valence-corrected chi connectivity index (χ4v) is 1.90. The number of nitrogens with zero attached hydrogens (tertiary/aromatic N) is 1. The van der Waals surface area contributed by atoms with Crippen LogP contribution >= 0.6 is 15.9 Å². The zero-order valence-corrected chi connectivity index (χ0v) is 12.2. The van der Waals surface area contributed by atoms with Gasteiger partial charge in [0.15, 0.2) is 0 Å². The minimum atomic E-state index is -0.0585. The monoisotopic (exact) mass is 315 g/mol. The number of anilines is 2. The first-order valence-electron chi connectivity index (χ1n) is 5.56. The summed E-state index contributed by atoms with van der Waals surface area (Å²) in [4.78, 5) is 13.4. The van der Waals surface area contributed by atoms with E-state index in [4.69, 9.17) is 10.5 Å². The van der Waals surface area contributed by atoms with E-state index in [9.17, 15) is 4.79 Å². The van der Waals surface area contributed by atoms with Gasteiger partial charge in [-0.3, -0.25) is 4.79 Å². The Morgan fingerprint density at radius 1 is 1.56 bits per heavy atom. The molecule has 18 heavy (non-hydrogen) atoms. The largest absolute Gasteiger partial charge is 0.397 e. The average Bonchev–Trinajstić information content (AvgIpc) is 2.28. The van der Waals surface area contributed by atoms with E-state index in [1.165, 1.54) is 0 Å². The third-order valence-corrected chi connectivity index (χ3v) is 2.90. The summed E-state index contributed by atoms with van der Waals surface area (Å²) in [6, 6.07) is 5.58. The lowest BCUT2D eigenvalue weighted by Crippen LogP contribution is -2.36. The Bertz CT molecular complexity index is 412. The lowest BCUT2D eigenvalue weighted by atomic mass is 10.2. The van der Waals surface area contributed by atoms with Gasteiger partial charge in [-0.15, -0.1) is 0 Å². The van der Waals surface area contributed by atoms with Crippen LogP contribution < -0.4 is 16.0 Å². The number of rotatable bonds is 6. The molecule has 0 aliphatic heterocycles. The van der Waals surface area contributed by atoms with Crippen LogP contribution in [0.3, 0.4) is 0 Å². The van der Waals surface area contributed by atoms with Crippen LogP contribution in [-0.4, -0.2) is 39.8 Å². The van der Waals surface area contributed by atoms with Crippen molar-refractivity contribution in [3.63, 3.8) is 0 Å². The van der Waals surface area contributed by atoms with E-state index in [0.717, 1.165) is 10.2 Å². The second kappa shape index (κ2) is 7.23. The Kier molecular flexibility index (Phi) is 5.94. The van der Waals surface area contributed by atoms with Crippen molar-refractivity contribution >= 4 is 33.2 Å². The number of carbonyl (C=O) groups is 1. The number of ether oxygens (including phenoxy) is 1. The Morgan fingerprint density at radius 3 is 2.89 bits per heavy atom. The lowest BCUT2D eigenvalue weighted by Gasteiger charge is -2.20. The van der Waals surface area contributed by atoms with Gasteiger partial charge < -0.3 is 20.7 Å². The summed E-state index contributed by atoms with van der Waals surface area (Å²) in [5, 5.41) is 2.76. The van der Waals surface area contributed by atoms with Crippen LogP contribution in [-0.2, 0) is 9.53 Å². The van der Waals surface area contributed by atoms with Gasteiger partial charge in [-0.25, -0.2) is 0 Å². The van der Waals surface area contributed by atoms with Crippen LogP contribution in [0.15, 0.2) is 22.7 Å². The van der Waals surface area contributed by atoms with E-state index in [1.807, 2.05) is 30.1 Å². The molecule has 1 aromatic carbocycles. The molecule has 0 unspecified atom stereocenters. The Morgan fingerprint density at radius 2 is 2.28 bits per heavy atom. The van der Waals surface area contributed by atoms with Gasteiger partial charge in [0.2, 0.25) is 5.91 Å². The van der Waals surface area contributed by atoms with E-state index in [-0.39, 0.29) is 12.5 Å². The minimum absolute atomic E-state index is 0.0585. The Labute approximate surface area is 115 Å². The normalized spacial score (nSPS) is 10.2. The summed E-state index contributed by atoms with van der Waals surface area (Å²) in [7, 11) is 3.43. The molecule has 0 aliphatic carbocycles. The highest BCUT2D eigenvalue weighted by molar-refractivity contribution is 9.10. The van der Waals surface area contributed by atoms with Gasteiger partial charge in [0.1, 0.15) is 0 Å². The number of amides is 1. The maximum Gasteiger partial charge on any atom is 0.239 e.